The SMILES string of the molecule is CCCNc1c(CN(C)CCC)cccc1[N+](=O)[O-]. The summed E-state index contributed by atoms with van der Waals surface area (Å²) in [5, 5.41) is 14.3. The van der Waals surface area contributed by atoms with Gasteiger partial charge in [0, 0.05) is 19.2 Å². The number of rotatable bonds is 8. The Bertz CT molecular complexity index is 421. The Balaban J connectivity index is 3.00. The van der Waals surface area contributed by atoms with Crippen LogP contribution in [0.5, 0.6) is 0 Å². The molecule has 0 fully saturated rings. The fourth-order valence-corrected chi connectivity index (χ4v) is 2.08. The molecule has 0 radical (unpaired) electrons. The molecular weight excluding hydrogens is 242 g/mol. The molecule has 0 amide bonds. The van der Waals surface area contributed by atoms with E-state index in [0.29, 0.717) is 5.69 Å². The fraction of sp³-hybridized carbons (Fsp3) is 0.571. The number of nitro groups is 1. The quantitative estimate of drug-likeness (QED) is 0.579. The average molecular weight is 265 g/mol. The summed E-state index contributed by atoms with van der Waals surface area (Å²) < 4.78 is 0. The summed E-state index contributed by atoms with van der Waals surface area (Å²) in [4.78, 5) is 13.0. The van der Waals surface area contributed by atoms with Gasteiger partial charge in [-0.2, -0.15) is 0 Å². The number of para-hydroxylation sites is 1. The van der Waals surface area contributed by atoms with Crippen LogP contribution in [-0.4, -0.2) is 30.0 Å². The van der Waals surface area contributed by atoms with Crippen LogP contribution in [0.3, 0.4) is 0 Å². The standard InChI is InChI=1S/C14H23N3O2/c1-4-9-15-14-12(11-16(3)10-5-2)7-6-8-13(14)17(18)19/h6-8,15H,4-5,9-11H2,1-3H3. The van der Waals surface area contributed by atoms with E-state index in [1.54, 1.807) is 12.1 Å². The van der Waals surface area contributed by atoms with Crippen LogP contribution < -0.4 is 5.32 Å². The summed E-state index contributed by atoms with van der Waals surface area (Å²) in [6, 6.07) is 5.27. The lowest BCUT2D eigenvalue weighted by atomic mass is 10.1. The summed E-state index contributed by atoms with van der Waals surface area (Å²) in [5.74, 6) is 0. The number of hydrogen-bond donors (Lipinski definition) is 1. The highest BCUT2D eigenvalue weighted by Gasteiger charge is 2.17. The molecule has 0 saturated carbocycles. The van der Waals surface area contributed by atoms with Gasteiger partial charge < -0.3 is 10.2 Å². The largest absolute Gasteiger partial charge is 0.379 e. The van der Waals surface area contributed by atoms with Gasteiger partial charge in [0.15, 0.2) is 0 Å². The van der Waals surface area contributed by atoms with Crippen molar-refractivity contribution >= 4 is 11.4 Å². The van der Waals surface area contributed by atoms with Crippen LogP contribution in [0.2, 0.25) is 0 Å². The molecule has 1 N–H and O–H groups in total. The minimum absolute atomic E-state index is 0.163. The van der Waals surface area contributed by atoms with Crippen molar-refractivity contribution in [1.82, 2.24) is 4.90 Å². The molecule has 0 aliphatic rings. The highest BCUT2D eigenvalue weighted by molar-refractivity contribution is 5.66. The number of nitro benzene ring substituents is 1. The van der Waals surface area contributed by atoms with E-state index in [9.17, 15) is 10.1 Å². The molecule has 0 aliphatic carbocycles. The monoisotopic (exact) mass is 265 g/mol. The number of hydrogen-bond acceptors (Lipinski definition) is 4. The molecule has 5 nitrogen and oxygen atoms in total. The second-order valence-corrected chi connectivity index (χ2v) is 4.73. The molecule has 0 saturated heterocycles. The fourth-order valence-electron chi connectivity index (χ4n) is 2.08. The van der Waals surface area contributed by atoms with Gasteiger partial charge in [-0.15, -0.1) is 0 Å². The molecule has 19 heavy (non-hydrogen) atoms. The summed E-state index contributed by atoms with van der Waals surface area (Å²) in [5.41, 5.74) is 1.81. The van der Waals surface area contributed by atoms with E-state index >= 15 is 0 Å². The van der Waals surface area contributed by atoms with Gasteiger partial charge in [0.05, 0.1) is 4.92 Å². The maximum atomic E-state index is 11.1. The third-order valence-corrected chi connectivity index (χ3v) is 2.92. The molecular formula is C14H23N3O2. The number of anilines is 1. The van der Waals surface area contributed by atoms with Gasteiger partial charge in [-0.25, -0.2) is 0 Å². The highest BCUT2D eigenvalue weighted by Crippen LogP contribution is 2.29. The molecule has 0 aliphatic heterocycles. The zero-order valence-corrected chi connectivity index (χ0v) is 12.0. The molecule has 0 atom stereocenters. The molecule has 0 spiro atoms. The Kier molecular flexibility index (Phi) is 6.29. The smallest absolute Gasteiger partial charge is 0.292 e. The zero-order valence-electron chi connectivity index (χ0n) is 12.0. The van der Waals surface area contributed by atoms with Gasteiger partial charge in [0.2, 0.25) is 0 Å². The molecule has 0 aromatic heterocycles. The van der Waals surface area contributed by atoms with Crippen molar-refractivity contribution in [1.29, 1.82) is 0 Å². The summed E-state index contributed by atoms with van der Waals surface area (Å²) >= 11 is 0. The van der Waals surface area contributed by atoms with Crippen molar-refractivity contribution in [3.05, 3.63) is 33.9 Å². The zero-order chi connectivity index (χ0) is 14.3. The molecule has 5 heteroatoms. The first kappa shape index (κ1) is 15.4. The lowest BCUT2D eigenvalue weighted by Gasteiger charge is -2.18. The molecule has 1 aromatic rings. The summed E-state index contributed by atoms with van der Waals surface area (Å²) in [7, 11) is 2.03. The third kappa shape index (κ3) is 4.52. The van der Waals surface area contributed by atoms with Gasteiger partial charge in [-0.1, -0.05) is 26.0 Å². The van der Waals surface area contributed by atoms with Crippen molar-refractivity contribution in [2.24, 2.45) is 0 Å². The minimum Gasteiger partial charge on any atom is -0.379 e. The normalized spacial score (nSPS) is 10.7. The first-order valence-electron chi connectivity index (χ1n) is 6.78. The maximum Gasteiger partial charge on any atom is 0.292 e. The third-order valence-electron chi connectivity index (χ3n) is 2.92. The van der Waals surface area contributed by atoms with E-state index in [1.165, 1.54) is 0 Å². The Labute approximate surface area is 114 Å². The second-order valence-electron chi connectivity index (χ2n) is 4.73. The number of benzene rings is 1. The van der Waals surface area contributed by atoms with Crippen LogP contribution in [-0.2, 0) is 6.54 Å². The maximum absolute atomic E-state index is 11.1. The second kappa shape index (κ2) is 7.74. The lowest BCUT2D eigenvalue weighted by molar-refractivity contribution is -0.384. The van der Waals surface area contributed by atoms with E-state index < -0.39 is 0 Å². The van der Waals surface area contributed by atoms with Gasteiger partial charge in [0.25, 0.3) is 5.69 Å². The highest BCUT2D eigenvalue weighted by atomic mass is 16.6. The minimum atomic E-state index is -0.318. The van der Waals surface area contributed by atoms with Crippen LogP contribution >= 0.6 is 0 Å². The first-order chi connectivity index (χ1) is 9.10. The molecule has 0 bridgehead atoms. The van der Waals surface area contributed by atoms with Crippen molar-refractivity contribution < 1.29 is 4.92 Å². The van der Waals surface area contributed by atoms with E-state index in [0.717, 1.165) is 38.0 Å². The number of nitrogens with one attached hydrogen (secondary N) is 1. The van der Waals surface area contributed by atoms with Crippen molar-refractivity contribution in [3.63, 3.8) is 0 Å². The van der Waals surface area contributed by atoms with E-state index in [-0.39, 0.29) is 10.6 Å². The van der Waals surface area contributed by atoms with Crippen molar-refractivity contribution in [2.45, 2.75) is 33.2 Å². The summed E-state index contributed by atoms with van der Waals surface area (Å²) in [6.07, 6.45) is 2.01. The summed E-state index contributed by atoms with van der Waals surface area (Å²) in [6.45, 7) is 6.62. The topological polar surface area (TPSA) is 58.4 Å². The van der Waals surface area contributed by atoms with E-state index in [2.05, 4.69) is 17.1 Å². The number of nitrogens with zero attached hydrogens (tertiary/aromatic N) is 2. The van der Waals surface area contributed by atoms with Crippen LogP contribution in [0.15, 0.2) is 18.2 Å². The van der Waals surface area contributed by atoms with Gasteiger partial charge in [0.1, 0.15) is 5.69 Å². The lowest BCUT2D eigenvalue weighted by Crippen LogP contribution is -2.19. The van der Waals surface area contributed by atoms with Crippen molar-refractivity contribution in [2.75, 3.05) is 25.5 Å². The van der Waals surface area contributed by atoms with Crippen molar-refractivity contribution in [3.8, 4) is 0 Å². The van der Waals surface area contributed by atoms with E-state index in [4.69, 9.17) is 0 Å². The van der Waals surface area contributed by atoms with Crippen LogP contribution in [0.1, 0.15) is 32.3 Å². The molecule has 0 unspecified atom stereocenters. The van der Waals surface area contributed by atoms with Crippen LogP contribution in [0.25, 0.3) is 0 Å². The van der Waals surface area contributed by atoms with Gasteiger partial charge >= 0.3 is 0 Å². The first-order valence-corrected chi connectivity index (χ1v) is 6.78. The molecule has 106 valence electrons. The van der Waals surface area contributed by atoms with Crippen LogP contribution in [0, 0.1) is 10.1 Å². The Morgan fingerprint density at radius 1 is 1.32 bits per heavy atom. The van der Waals surface area contributed by atoms with Gasteiger partial charge in [-0.05, 0) is 32.0 Å². The Hall–Kier alpha value is -1.62. The molecule has 1 rings (SSSR count). The predicted molar refractivity (Wildman–Crippen MR) is 78.5 cm³/mol. The Morgan fingerprint density at radius 3 is 2.63 bits per heavy atom. The Morgan fingerprint density at radius 2 is 2.05 bits per heavy atom. The molecule has 1 aromatic carbocycles. The van der Waals surface area contributed by atoms with Crippen LogP contribution in [0.4, 0.5) is 11.4 Å². The average Bonchev–Trinajstić information content (AvgIpc) is 2.37. The van der Waals surface area contributed by atoms with E-state index in [1.807, 2.05) is 20.0 Å². The molecule has 0 heterocycles. The predicted octanol–water partition coefficient (Wildman–Crippen LogP) is 3.26. The van der Waals surface area contributed by atoms with Gasteiger partial charge in [-0.3, -0.25) is 10.1 Å².